The maximum Gasteiger partial charge on any atom is 0.262 e. The van der Waals surface area contributed by atoms with Gasteiger partial charge in [0.15, 0.2) is 5.11 Å². The summed E-state index contributed by atoms with van der Waals surface area (Å²) in [5.41, 5.74) is 5.22. The summed E-state index contributed by atoms with van der Waals surface area (Å²) < 4.78 is 0. The molecule has 0 saturated heterocycles. The van der Waals surface area contributed by atoms with Crippen LogP contribution in [0.3, 0.4) is 0 Å². The molecular formula is C16H16Cl2N4O3S. The van der Waals surface area contributed by atoms with E-state index >= 15 is 0 Å². The number of nitrogens with zero attached hydrogens (tertiary/aromatic N) is 1. The second-order valence-corrected chi connectivity index (χ2v) is 7.36. The van der Waals surface area contributed by atoms with Crippen molar-refractivity contribution in [2.45, 2.75) is 31.7 Å². The zero-order valence-corrected chi connectivity index (χ0v) is 15.9. The van der Waals surface area contributed by atoms with Gasteiger partial charge < -0.3 is 5.32 Å². The van der Waals surface area contributed by atoms with Crippen LogP contribution < -0.4 is 16.2 Å². The summed E-state index contributed by atoms with van der Waals surface area (Å²) in [6.45, 7) is -0.444. The predicted molar refractivity (Wildman–Crippen MR) is 101 cm³/mol. The Bertz CT molecular complexity index is 755. The van der Waals surface area contributed by atoms with Gasteiger partial charge in [-0.1, -0.05) is 36.0 Å². The number of thiocarbonyl (C=S) groups is 1. The van der Waals surface area contributed by atoms with Gasteiger partial charge in [-0.25, -0.2) is 0 Å². The van der Waals surface area contributed by atoms with Crippen molar-refractivity contribution < 1.29 is 14.4 Å². The molecule has 3 amide bonds. The number of benzene rings is 1. The quantitative estimate of drug-likeness (QED) is 0.398. The SMILES string of the molecule is O=C(CN1C(=O)c2cc(Cl)c(Cl)cc2C1=O)NNC(=S)NC1CCCC1. The number of hydrogen-bond acceptors (Lipinski definition) is 4. The molecule has 1 aliphatic carbocycles. The van der Waals surface area contributed by atoms with Crippen molar-refractivity contribution in [3.63, 3.8) is 0 Å². The number of amides is 3. The first-order valence-corrected chi connectivity index (χ1v) is 9.24. The zero-order chi connectivity index (χ0) is 18.8. The van der Waals surface area contributed by atoms with E-state index in [2.05, 4.69) is 16.2 Å². The van der Waals surface area contributed by atoms with E-state index in [0.717, 1.165) is 30.6 Å². The van der Waals surface area contributed by atoms with Gasteiger partial charge in [-0.2, -0.15) is 0 Å². The number of fused-ring (bicyclic) bond motifs is 1. The first-order chi connectivity index (χ1) is 12.4. The fraction of sp³-hybridized carbons (Fsp3) is 0.375. The van der Waals surface area contributed by atoms with Crippen molar-refractivity contribution >= 4 is 58.3 Å². The maximum absolute atomic E-state index is 12.3. The van der Waals surface area contributed by atoms with Crippen molar-refractivity contribution in [2.75, 3.05) is 6.54 Å². The number of hydrazine groups is 1. The smallest absolute Gasteiger partial charge is 0.262 e. The lowest BCUT2D eigenvalue weighted by molar-refractivity contribution is -0.122. The Hall–Kier alpha value is -1.90. The Morgan fingerprint density at radius 2 is 1.62 bits per heavy atom. The minimum Gasteiger partial charge on any atom is -0.359 e. The lowest BCUT2D eigenvalue weighted by Crippen LogP contribution is -2.52. The third kappa shape index (κ3) is 3.92. The fourth-order valence-corrected chi connectivity index (χ4v) is 3.57. The normalized spacial score (nSPS) is 16.6. The summed E-state index contributed by atoms with van der Waals surface area (Å²) in [6.07, 6.45) is 4.38. The molecule has 1 heterocycles. The molecule has 2 aliphatic rings. The fourth-order valence-electron chi connectivity index (χ4n) is 3.03. The van der Waals surface area contributed by atoms with E-state index in [1.165, 1.54) is 12.1 Å². The summed E-state index contributed by atoms with van der Waals surface area (Å²) in [5, 5.41) is 3.74. The molecule has 1 fully saturated rings. The Morgan fingerprint density at radius 3 is 2.15 bits per heavy atom. The highest BCUT2D eigenvalue weighted by molar-refractivity contribution is 7.80. The Kier molecular flexibility index (Phi) is 5.64. The molecule has 0 bridgehead atoms. The Morgan fingerprint density at radius 1 is 1.08 bits per heavy atom. The number of hydrogen-bond donors (Lipinski definition) is 3. The largest absolute Gasteiger partial charge is 0.359 e. The lowest BCUT2D eigenvalue weighted by Gasteiger charge is -2.17. The molecule has 3 N–H and O–H groups in total. The summed E-state index contributed by atoms with van der Waals surface area (Å²) >= 11 is 16.9. The summed E-state index contributed by atoms with van der Waals surface area (Å²) in [6, 6.07) is 2.96. The first kappa shape index (κ1) is 18.9. The van der Waals surface area contributed by atoms with Crippen molar-refractivity contribution in [1.82, 2.24) is 21.1 Å². The number of nitrogens with one attached hydrogen (secondary N) is 3. The third-order valence-corrected chi connectivity index (χ3v) is 5.26. The standard InChI is InChI=1S/C16H16Cl2N4O3S/c17-11-5-9-10(6-12(11)18)15(25)22(14(9)24)7-13(23)20-21-16(26)19-8-3-1-2-4-8/h5-6,8H,1-4,7H2,(H,20,23)(H2,19,21,26). The number of imide groups is 1. The number of carbonyl (C=O) groups is 3. The van der Waals surface area contributed by atoms with Gasteiger partial charge in [0.1, 0.15) is 6.54 Å². The lowest BCUT2D eigenvalue weighted by atomic mass is 10.1. The topological polar surface area (TPSA) is 90.5 Å². The molecule has 0 atom stereocenters. The highest BCUT2D eigenvalue weighted by atomic mass is 35.5. The van der Waals surface area contributed by atoms with Gasteiger partial charge in [0.05, 0.1) is 21.2 Å². The highest BCUT2D eigenvalue weighted by Crippen LogP contribution is 2.31. The van der Waals surface area contributed by atoms with Gasteiger partial charge in [0, 0.05) is 6.04 Å². The van der Waals surface area contributed by atoms with E-state index in [1.807, 2.05) is 0 Å². The average molecular weight is 415 g/mol. The Labute approximate surface area is 165 Å². The molecular weight excluding hydrogens is 399 g/mol. The minimum absolute atomic E-state index is 0.128. The van der Waals surface area contributed by atoms with Crippen molar-refractivity contribution in [3.8, 4) is 0 Å². The monoisotopic (exact) mass is 414 g/mol. The molecule has 1 aromatic rings. The van der Waals surface area contributed by atoms with E-state index in [1.54, 1.807) is 0 Å². The second kappa shape index (κ2) is 7.77. The van der Waals surface area contributed by atoms with Crippen molar-refractivity contribution in [1.29, 1.82) is 0 Å². The summed E-state index contributed by atoms with van der Waals surface area (Å²) in [4.78, 5) is 37.6. The van der Waals surface area contributed by atoms with Gasteiger partial charge in [-0.3, -0.25) is 30.1 Å². The van der Waals surface area contributed by atoms with Crippen LogP contribution in [0, 0.1) is 0 Å². The van der Waals surface area contributed by atoms with Crippen LogP contribution in [-0.4, -0.2) is 40.3 Å². The van der Waals surface area contributed by atoms with Crippen molar-refractivity contribution in [3.05, 3.63) is 33.3 Å². The molecule has 1 saturated carbocycles. The van der Waals surface area contributed by atoms with Gasteiger partial charge >= 0.3 is 0 Å². The molecule has 0 aromatic heterocycles. The Balaban J connectivity index is 1.55. The van der Waals surface area contributed by atoms with Crippen LogP contribution in [0.2, 0.25) is 10.0 Å². The van der Waals surface area contributed by atoms with E-state index in [0.29, 0.717) is 11.2 Å². The van der Waals surface area contributed by atoms with Crippen LogP contribution in [0.25, 0.3) is 0 Å². The van der Waals surface area contributed by atoms with Gasteiger partial charge in [0.25, 0.3) is 17.7 Å². The molecule has 1 aliphatic heterocycles. The molecule has 10 heteroatoms. The summed E-state index contributed by atoms with van der Waals surface area (Å²) in [5.74, 6) is -1.76. The van der Waals surface area contributed by atoms with Crippen LogP contribution in [-0.2, 0) is 4.79 Å². The van der Waals surface area contributed by atoms with Gasteiger partial charge in [-0.15, -0.1) is 0 Å². The molecule has 3 rings (SSSR count). The van der Waals surface area contributed by atoms with E-state index in [-0.39, 0.29) is 21.2 Å². The van der Waals surface area contributed by atoms with E-state index in [9.17, 15) is 14.4 Å². The van der Waals surface area contributed by atoms with Gasteiger partial charge in [0.2, 0.25) is 0 Å². The molecule has 7 nitrogen and oxygen atoms in total. The van der Waals surface area contributed by atoms with Crippen molar-refractivity contribution in [2.24, 2.45) is 0 Å². The predicted octanol–water partition coefficient (Wildman–Crippen LogP) is 2.03. The summed E-state index contributed by atoms with van der Waals surface area (Å²) in [7, 11) is 0. The van der Waals surface area contributed by atoms with Crippen LogP contribution in [0.1, 0.15) is 46.4 Å². The maximum atomic E-state index is 12.3. The van der Waals surface area contributed by atoms with Crippen LogP contribution in [0.5, 0.6) is 0 Å². The average Bonchev–Trinajstić information content (AvgIpc) is 3.18. The van der Waals surface area contributed by atoms with Crippen LogP contribution in [0.4, 0.5) is 0 Å². The molecule has 138 valence electrons. The van der Waals surface area contributed by atoms with E-state index < -0.39 is 24.3 Å². The molecule has 1 aromatic carbocycles. The van der Waals surface area contributed by atoms with Crippen LogP contribution >= 0.6 is 35.4 Å². The first-order valence-electron chi connectivity index (χ1n) is 8.07. The number of rotatable bonds is 3. The molecule has 0 radical (unpaired) electrons. The van der Waals surface area contributed by atoms with Crippen LogP contribution in [0.15, 0.2) is 12.1 Å². The highest BCUT2D eigenvalue weighted by Gasteiger charge is 2.37. The second-order valence-electron chi connectivity index (χ2n) is 6.14. The molecule has 26 heavy (non-hydrogen) atoms. The zero-order valence-electron chi connectivity index (χ0n) is 13.6. The minimum atomic E-state index is -0.592. The molecule has 0 unspecified atom stereocenters. The number of carbonyl (C=O) groups excluding carboxylic acids is 3. The van der Waals surface area contributed by atoms with E-state index in [4.69, 9.17) is 35.4 Å². The third-order valence-electron chi connectivity index (χ3n) is 4.32. The molecule has 0 spiro atoms. The number of halogens is 2. The van der Waals surface area contributed by atoms with Gasteiger partial charge in [-0.05, 0) is 37.2 Å².